The van der Waals surface area contributed by atoms with Crippen LogP contribution in [0.2, 0.25) is 5.02 Å². The molecule has 4 N–H and O–H groups in total. The summed E-state index contributed by atoms with van der Waals surface area (Å²) in [6.07, 6.45) is 0. The lowest BCUT2D eigenvalue weighted by molar-refractivity contribution is 0.0696. The first-order valence-electron chi connectivity index (χ1n) is 6.09. The molecule has 0 saturated carbocycles. The predicted molar refractivity (Wildman–Crippen MR) is 81.4 cm³/mol. The van der Waals surface area contributed by atoms with E-state index in [2.05, 4.69) is 5.32 Å². The number of rotatable bonds is 4. The molecule has 0 radical (unpaired) electrons. The molecule has 0 aromatic heterocycles. The van der Waals surface area contributed by atoms with E-state index in [9.17, 15) is 9.59 Å². The Balaban J connectivity index is 2.43. The number of aromatic carboxylic acids is 1. The molecule has 0 fully saturated rings. The van der Waals surface area contributed by atoms with Crippen molar-refractivity contribution in [2.24, 2.45) is 5.73 Å². The van der Waals surface area contributed by atoms with E-state index >= 15 is 0 Å². The number of carbonyl (C=O) groups is 2. The molecule has 5 nitrogen and oxygen atoms in total. The lowest BCUT2D eigenvalue weighted by Gasteiger charge is -2.12. The van der Waals surface area contributed by atoms with Crippen LogP contribution >= 0.6 is 11.6 Å². The number of nitrogens with two attached hydrogens (primary N) is 1. The molecule has 108 valence electrons. The van der Waals surface area contributed by atoms with E-state index in [1.807, 2.05) is 0 Å². The summed E-state index contributed by atoms with van der Waals surface area (Å²) in [5.74, 6) is -1.61. The van der Waals surface area contributed by atoms with E-state index in [1.54, 1.807) is 31.2 Å². The van der Waals surface area contributed by atoms with Gasteiger partial charge < -0.3 is 16.2 Å². The molecule has 21 heavy (non-hydrogen) atoms. The van der Waals surface area contributed by atoms with Crippen LogP contribution in [0.25, 0.3) is 0 Å². The molecule has 0 bridgehead atoms. The van der Waals surface area contributed by atoms with Crippen molar-refractivity contribution in [3.8, 4) is 0 Å². The van der Waals surface area contributed by atoms with Crippen LogP contribution in [0.4, 0.5) is 11.4 Å². The van der Waals surface area contributed by atoms with Gasteiger partial charge in [-0.15, -0.1) is 0 Å². The van der Waals surface area contributed by atoms with Gasteiger partial charge in [-0.1, -0.05) is 17.7 Å². The summed E-state index contributed by atoms with van der Waals surface area (Å²) in [5.41, 5.74) is 7.37. The third-order valence-electron chi connectivity index (χ3n) is 2.99. The van der Waals surface area contributed by atoms with Crippen LogP contribution in [0.1, 0.15) is 26.3 Å². The Bertz CT molecular complexity index is 729. The van der Waals surface area contributed by atoms with Crippen molar-refractivity contribution >= 4 is 34.9 Å². The molecule has 0 aliphatic carbocycles. The van der Waals surface area contributed by atoms with Crippen molar-refractivity contribution < 1.29 is 14.7 Å². The average molecular weight is 305 g/mol. The zero-order valence-electron chi connectivity index (χ0n) is 11.2. The number of aryl methyl sites for hydroxylation is 1. The second-order valence-corrected chi connectivity index (χ2v) is 4.95. The number of amides is 1. The fourth-order valence-corrected chi connectivity index (χ4v) is 2.09. The van der Waals surface area contributed by atoms with E-state index < -0.39 is 11.9 Å². The first-order valence-corrected chi connectivity index (χ1v) is 6.46. The molecule has 0 spiro atoms. The molecule has 0 unspecified atom stereocenters. The number of carboxylic acid groups (broad SMARTS) is 1. The monoisotopic (exact) mass is 304 g/mol. The summed E-state index contributed by atoms with van der Waals surface area (Å²) in [4.78, 5) is 22.5. The highest BCUT2D eigenvalue weighted by atomic mass is 35.5. The number of carbonyl (C=O) groups excluding carboxylic acids is 1. The lowest BCUT2D eigenvalue weighted by atomic mass is 10.1. The minimum Gasteiger partial charge on any atom is -0.478 e. The van der Waals surface area contributed by atoms with E-state index in [0.29, 0.717) is 22.0 Å². The Morgan fingerprint density at radius 2 is 1.86 bits per heavy atom. The number of halogens is 1. The number of primary amides is 1. The highest BCUT2D eigenvalue weighted by Gasteiger charge is 2.11. The van der Waals surface area contributed by atoms with Gasteiger partial charge >= 0.3 is 5.97 Å². The largest absolute Gasteiger partial charge is 0.478 e. The van der Waals surface area contributed by atoms with Gasteiger partial charge in [-0.05, 0) is 42.8 Å². The topological polar surface area (TPSA) is 92.4 Å². The fraction of sp³-hybridized carbons (Fsp3) is 0.0667. The van der Waals surface area contributed by atoms with Crippen molar-refractivity contribution in [3.63, 3.8) is 0 Å². The van der Waals surface area contributed by atoms with Crippen LogP contribution in [-0.4, -0.2) is 17.0 Å². The molecule has 0 aliphatic heterocycles. The van der Waals surface area contributed by atoms with Gasteiger partial charge in [0.2, 0.25) is 0 Å². The quantitative estimate of drug-likeness (QED) is 0.808. The summed E-state index contributed by atoms with van der Waals surface area (Å²) >= 11 is 5.91. The Kier molecular flexibility index (Phi) is 4.14. The molecule has 2 aromatic rings. The van der Waals surface area contributed by atoms with Gasteiger partial charge in [0, 0.05) is 10.7 Å². The molecule has 1 amide bonds. The average Bonchev–Trinajstić information content (AvgIpc) is 2.40. The lowest BCUT2D eigenvalue weighted by Crippen LogP contribution is -2.13. The second-order valence-electron chi connectivity index (χ2n) is 4.51. The summed E-state index contributed by atoms with van der Waals surface area (Å²) in [6.45, 7) is 1.71. The van der Waals surface area contributed by atoms with Gasteiger partial charge in [0.1, 0.15) is 0 Å². The van der Waals surface area contributed by atoms with Crippen molar-refractivity contribution in [2.75, 3.05) is 5.32 Å². The highest BCUT2D eigenvalue weighted by Crippen LogP contribution is 2.26. The zero-order valence-corrected chi connectivity index (χ0v) is 11.9. The predicted octanol–water partition coefficient (Wildman–Crippen LogP) is 3.19. The smallest absolute Gasteiger partial charge is 0.336 e. The summed E-state index contributed by atoms with van der Waals surface area (Å²) < 4.78 is 0. The number of carboxylic acids is 1. The highest BCUT2D eigenvalue weighted by molar-refractivity contribution is 6.31. The third-order valence-corrected chi connectivity index (χ3v) is 3.23. The van der Waals surface area contributed by atoms with E-state index in [1.165, 1.54) is 12.1 Å². The molecule has 0 aliphatic rings. The van der Waals surface area contributed by atoms with Gasteiger partial charge in [0.15, 0.2) is 0 Å². The zero-order chi connectivity index (χ0) is 15.6. The van der Waals surface area contributed by atoms with Crippen LogP contribution < -0.4 is 11.1 Å². The van der Waals surface area contributed by atoms with Crippen molar-refractivity contribution in [3.05, 3.63) is 58.1 Å². The van der Waals surface area contributed by atoms with Crippen LogP contribution in [0.3, 0.4) is 0 Å². The molecule has 6 heteroatoms. The van der Waals surface area contributed by atoms with Crippen LogP contribution in [-0.2, 0) is 0 Å². The summed E-state index contributed by atoms with van der Waals surface area (Å²) in [7, 11) is 0. The van der Waals surface area contributed by atoms with E-state index in [-0.39, 0.29) is 11.1 Å². The normalized spacial score (nSPS) is 10.2. The third kappa shape index (κ3) is 3.32. The Morgan fingerprint density at radius 1 is 1.14 bits per heavy atom. The summed E-state index contributed by atoms with van der Waals surface area (Å²) in [5, 5.41) is 12.5. The second kappa shape index (κ2) is 5.85. The van der Waals surface area contributed by atoms with Crippen molar-refractivity contribution in [1.29, 1.82) is 0 Å². The SMILES string of the molecule is Cc1ccc(Nc2cc(Cl)ccc2C(N)=O)cc1C(=O)O. The maximum absolute atomic E-state index is 11.4. The molecule has 0 saturated heterocycles. The van der Waals surface area contributed by atoms with Crippen LogP contribution in [0.15, 0.2) is 36.4 Å². The first-order chi connectivity index (χ1) is 9.88. The van der Waals surface area contributed by atoms with E-state index in [0.717, 1.165) is 0 Å². The Morgan fingerprint density at radius 3 is 2.48 bits per heavy atom. The molecule has 2 rings (SSSR count). The van der Waals surface area contributed by atoms with Gasteiger partial charge in [0.05, 0.1) is 16.8 Å². The van der Waals surface area contributed by atoms with Crippen molar-refractivity contribution in [2.45, 2.75) is 6.92 Å². The first kappa shape index (κ1) is 14.9. The molecular weight excluding hydrogens is 292 g/mol. The van der Waals surface area contributed by atoms with Crippen LogP contribution in [0.5, 0.6) is 0 Å². The standard InChI is InChI=1S/C15H13ClN2O3/c1-8-2-4-10(7-12(8)15(20)21)18-13-6-9(16)3-5-11(13)14(17)19/h2-7,18H,1H3,(H2,17,19)(H,20,21). The minimum absolute atomic E-state index is 0.183. The number of hydrogen-bond acceptors (Lipinski definition) is 3. The van der Waals surface area contributed by atoms with Gasteiger partial charge in [-0.25, -0.2) is 4.79 Å². The fourth-order valence-electron chi connectivity index (χ4n) is 1.92. The van der Waals surface area contributed by atoms with Gasteiger partial charge in [0.25, 0.3) is 5.91 Å². The number of hydrogen-bond donors (Lipinski definition) is 3. The van der Waals surface area contributed by atoms with Gasteiger partial charge in [-0.3, -0.25) is 4.79 Å². The molecule has 0 heterocycles. The number of benzene rings is 2. The Labute approximate surface area is 126 Å². The molecular formula is C15H13ClN2O3. The maximum atomic E-state index is 11.4. The van der Waals surface area contributed by atoms with Crippen molar-refractivity contribution in [1.82, 2.24) is 0 Å². The Hall–Kier alpha value is -2.53. The minimum atomic E-state index is -1.02. The van der Waals surface area contributed by atoms with Crippen LogP contribution in [0, 0.1) is 6.92 Å². The number of anilines is 2. The summed E-state index contributed by atoms with van der Waals surface area (Å²) in [6, 6.07) is 9.52. The molecule has 2 aromatic carbocycles. The maximum Gasteiger partial charge on any atom is 0.336 e. The number of nitrogens with one attached hydrogen (secondary N) is 1. The molecule has 0 atom stereocenters. The van der Waals surface area contributed by atoms with E-state index in [4.69, 9.17) is 22.4 Å². The van der Waals surface area contributed by atoms with Gasteiger partial charge in [-0.2, -0.15) is 0 Å².